The van der Waals surface area contributed by atoms with Crippen LogP contribution >= 0.6 is 11.8 Å². The van der Waals surface area contributed by atoms with Crippen LogP contribution in [0, 0.1) is 12.7 Å². The molecule has 1 saturated heterocycles. The van der Waals surface area contributed by atoms with Crippen LogP contribution in [0.25, 0.3) is 5.69 Å². The monoisotopic (exact) mass is 444 g/mol. The van der Waals surface area contributed by atoms with E-state index < -0.39 is 0 Å². The molecule has 0 saturated carbocycles. The molecule has 1 N–H and O–H groups in total. The molecule has 10 heteroatoms. The minimum atomic E-state index is -0.307. The third-order valence-electron chi connectivity index (χ3n) is 5.28. The van der Waals surface area contributed by atoms with E-state index in [1.807, 2.05) is 4.57 Å². The van der Waals surface area contributed by atoms with Crippen molar-refractivity contribution in [2.45, 2.75) is 44.3 Å². The summed E-state index contributed by atoms with van der Waals surface area (Å²) in [5.74, 6) is 1.38. The Balaban J connectivity index is 1.55. The molecule has 2 aromatic heterocycles. The van der Waals surface area contributed by atoms with Crippen LogP contribution in [-0.2, 0) is 4.79 Å². The van der Waals surface area contributed by atoms with Crippen LogP contribution in [0.5, 0.6) is 0 Å². The molecule has 1 unspecified atom stereocenters. The number of nitrogens with zero attached hydrogens (tertiary/aromatic N) is 5. The predicted octanol–water partition coefficient (Wildman–Crippen LogP) is 3.98. The second-order valence-corrected chi connectivity index (χ2v) is 8.53. The van der Waals surface area contributed by atoms with Crippen molar-refractivity contribution in [3.05, 3.63) is 47.7 Å². The highest BCUT2D eigenvalue weighted by atomic mass is 32.2. The van der Waals surface area contributed by atoms with Gasteiger partial charge in [-0.1, -0.05) is 23.3 Å². The van der Waals surface area contributed by atoms with Gasteiger partial charge in [-0.2, -0.15) is 0 Å². The first-order chi connectivity index (χ1) is 15.0. The number of nitrogens with one attached hydrogen (secondary N) is 1. The second kappa shape index (κ2) is 9.61. The Hall–Kier alpha value is -2.72. The third-order valence-corrected chi connectivity index (χ3v) is 6.21. The number of thioether (sulfide) groups is 1. The lowest BCUT2D eigenvalue weighted by Gasteiger charge is -2.31. The van der Waals surface area contributed by atoms with Crippen molar-refractivity contribution in [1.29, 1.82) is 0 Å². The van der Waals surface area contributed by atoms with Crippen LogP contribution in [0.15, 0.2) is 40.0 Å². The third kappa shape index (κ3) is 5.13. The van der Waals surface area contributed by atoms with Crippen molar-refractivity contribution >= 4 is 23.5 Å². The molecule has 3 heterocycles. The van der Waals surface area contributed by atoms with Gasteiger partial charge in [-0.05, 0) is 64.0 Å². The molecule has 4 rings (SSSR count). The van der Waals surface area contributed by atoms with E-state index in [1.165, 1.54) is 43.2 Å². The normalized spacial score (nSPS) is 15.7. The Morgan fingerprint density at radius 1 is 1.23 bits per heavy atom. The smallest absolute Gasteiger partial charge is 0.236 e. The van der Waals surface area contributed by atoms with Gasteiger partial charge in [-0.25, -0.2) is 4.39 Å². The highest BCUT2D eigenvalue weighted by molar-refractivity contribution is 7.99. The molecule has 0 radical (unpaired) electrons. The molecule has 1 atom stereocenters. The van der Waals surface area contributed by atoms with Crippen LogP contribution in [0.1, 0.15) is 43.8 Å². The number of aromatic nitrogens is 4. The first-order valence-electron chi connectivity index (χ1n) is 10.3. The minimum Gasteiger partial charge on any atom is -0.360 e. The largest absolute Gasteiger partial charge is 0.360 e. The van der Waals surface area contributed by atoms with Gasteiger partial charge in [0.2, 0.25) is 5.91 Å². The summed E-state index contributed by atoms with van der Waals surface area (Å²) in [5, 5.41) is 15.9. The first kappa shape index (κ1) is 21.5. The molecule has 0 spiro atoms. The Kier molecular flexibility index (Phi) is 6.67. The van der Waals surface area contributed by atoms with Gasteiger partial charge in [0.15, 0.2) is 16.8 Å². The number of piperidine rings is 1. The topological polar surface area (TPSA) is 89.1 Å². The maximum Gasteiger partial charge on any atom is 0.236 e. The lowest BCUT2D eigenvalue weighted by atomic mass is 10.1. The van der Waals surface area contributed by atoms with Gasteiger partial charge in [0, 0.05) is 11.8 Å². The van der Waals surface area contributed by atoms with Crippen molar-refractivity contribution < 1.29 is 13.7 Å². The van der Waals surface area contributed by atoms with E-state index in [1.54, 1.807) is 25.1 Å². The minimum absolute atomic E-state index is 0.0548. The summed E-state index contributed by atoms with van der Waals surface area (Å²) >= 11 is 1.27. The predicted molar refractivity (Wildman–Crippen MR) is 116 cm³/mol. The van der Waals surface area contributed by atoms with Gasteiger partial charge in [0.05, 0.1) is 11.8 Å². The number of carbonyl (C=O) groups excluding carboxylic acids is 1. The van der Waals surface area contributed by atoms with E-state index in [4.69, 9.17) is 4.52 Å². The fraction of sp³-hybridized carbons (Fsp3) is 0.429. The lowest BCUT2D eigenvalue weighted by molar-refractivity contribution is -0.113. The molecule has 1 aliphatic rings. The van der Waals surface area contributed by atoms with E-state index in [2.05, 4.69) is 32.5 Å². The molecule has 1 aromatic carbocycles. The molecule has 1 amide bonds. The summed E-state index contributed by atoms with van der Waals surface area (Å²) in [7, 11) is 0. The summed E-state index contributed by atoms with van der Waals surface area (Å²) in [6.07, 6.45) is 3.58. The Bertz CT molecular complexity index is 1030. The zero-order chi connectivity index (χ0) is 21.8. The molecule has 3 aromatic rings. The van der Waals surface area contributed by atoms with Gasteiger partial charge >= 0.3 is 0 Å². The van der Waals surface area contributed by atoms with Crippen molar-refractivity contribution in [2.75, 3.05) is 24.2 Å². The standard InChI is InChI=1S/C21H25FN6O2S/c1-14-12-18(26-30-14)23-19(29)13-31-21-25-24-20(15(2)27-10-4-3-5-11-27)28(21)17-8-6-16(22)7-9-17/h6-9,12,15H,3-5,10-11,13H2,1-2H3,(H,23,26,29). The molecule has 1 aliphatic heterocycles. The van der Waals surface area contributed by atoms with Gasteiger partial charge in [0.1, 0.15) is 11.6 Å². The fourth-order valence-electron chi connectivity index (χ4n) is 3.68. The summed E-state index contributed by atoms with van der Waals surface area (Å²) in [6, 6.07) is 7.94. The van der Waals surface area contributed by atoms with E-state index >= 15 is 0 Å². The quantitative estimate of drug-likeness (QED) is 0.551. The molecule has 31 heavy (non-hydrogen) atoms. The summed E-state index contributed by atoms with van der Waals surface area (Å²) in [5.41, 5.74) is 0.764. The van der Waals surface area contributed by atoms with Crippen LogP contribution in [-0.4, -0.2) is 49.6 Å². The number of likely N-dealkylation sites (tertiary alicyclic amines) is 1. The average molecular weight is 445 g/mol. The number of aryl methyl sites for hydroxylation is 1. The Morgan fingerprint density at radius 2 is 1.97 bits per heavy atom. The lowest BCUT2D eigenvalue weighted by Crippen LogP contribution is -2.33. The van der Waals surface area contributed by atoms with Gasteiger partial charge in [-0.15, -0.1) is 10.2 Å². The van der Waals surface area contributed by atoms with Gasteiger partial charge in [0.25, 0.3) is 0 Å². The molecular weight excluding hydrogens is 419 g/mol. The second-order valence-electron chi connectivity index (χ2n) is 7.58. The van der Waals surface area contributed by atoms with Gasteiger partial charge in [-0.3, -0.25) is 14.3 Å². The van der Waals surface area contributed by atoms with Gasteiger partial charge < -0.3 is 9.84 Å². The van der Waals surface area contributed by atoms with Crippen molar-refractivity contribution in [3.63, 3.8) is 0 Å². The first-order valence-corrected chi connectivity index (χ1v) is 11.3. The molecule has 164 valence electrons. The van der Waals surface area contributed by atoms with Crippen LogP contribution < -0.4 is 5.32 Å². The number of halogens is 1. The van der Waals surface area contributed by atoms with Crippen LogP contribution in [0.3, 0.4) is 0 Å². The number of hydrogen-bond donors (Lipinski definition) is 1. The average Bonchev–Trinajstić information content (AvgIpc) is 3.39. The summed E-state index contributed by atoms with van der Waals surface area (Å²) in [6.45, 7) is 5.90. The Morgan fingerprint density at radius 3 is 2.65 bits per heavy atom. The highest BCUT2D eigenvalue weighted by Crippen LogP contribution is 2.29. The molecular formula is C21H25FN6O2S. The zero-order valence-corrected chi connectivity index (χ0v) is 18.4. The zero-order valence-electron chi connectivity index (χ0n) is 17.5. The molecule has 1 fully saturated rings. The molecule has 0 bridgehead atoms. The highest BCUT2D eigenvalue weighted by Gasteiger charge is 2.26. The van der Waals surface area contributed by atoms with E-state index in [9.17, 15) is 9.18 Å². The number of carbonyl (C=O) groups is 1. The molecule has 0 aliphatic carbocycles. The number of rotatable bonds is 7. The number of hydrogen-bond acceptors (Lipinski definition) is 7. The number of anilines is 1. The maximum absolute atomic E-state index is 13.5. The van der Waals surface area contributed by atoms with E-state index in [0.717, 1.165) is 24.6 Å². The number of benzene rings is 1. The SMILES string of the molecule is Cc1cc(NC(=O)CSc2nnc(C(C)N3CCCCC3)n2-c2ccc(F)cc2)no1. The summed E-state index contributed by atoms with van der Waals surface area (Å²) < 4.78 is 20.4. The van der Waals surface area contributed by atoms with Crippen LogP contribution in [0.2, 0.25) is 0 Å². The van der Waals surface area contributed by atoms with Crippen LogP contribution in [0.4, 0.5) is 10.2 Å². The van der Waals surface area contributed by atoms with Crippen molar-refractivity contribution in [1.82, 2.24) is 24.8 Å². The summed E-state index contributed by atoms with van der Waals surface area (Å²) in [4.78, 5) is 14.7. The number of amides is 1. The van der Waals surface area contributed by atoms with E-state index in [-0.39, 0.29) is 23.5 Å². The fourth-order valence-corrected chi connectivity index (χ4v) is 4.44. The molecule has 8 nitrogen and oxygen atoms in total. The maximum atomic E-state index is 13.5. The van der Waals surface area contributed by atoms with E-state index in [0.29, 0.717) is 16.7 Å². The van der Waals surface area contributed by atoms with Crippen molar-refractivity contribution in [3.8, 4) is 5.69 Å². The van der Waals surface area contributed by atoms with Crippen molar-refractivity contribution in [2.24, 2.45) is 0 Å². The Labute approximate surface area is 184 Å².